The minimum Gasteiger partial charge on any atom is -0.301 e. The molecule has 9 heteroatoms. The number of hydrogen-bond acceptors (Lipinski definition) is 6. The Morgan fingerprint density at radius 1 is 1.14 bits per heavy atom. The van der Waals surface area contributed by atoms with Crippen LogP contribution in [0.5, 0.6) is 0 Å². The van der Waals surface area contributed by atoms with Gasteiger partial charge in [-0.1, -0.05) is 23.8 Å². The Morgan fingerprint density at radius 2 is 1.79 bits per heavy atom. The van der Waals surface area contributed by atoms with E-state index >= 15 is 0 Å². The summed E-state index contributed by atoms with van der Waals surface area (Å²) in [5.74, 6) is -2.46. The summed E-state index contributed by atoms with van der Waals surface area (Å²) >= 11 is 5.14. The van der Waals surface area contributed by atoms with Crippen LogP contribution >= 0.6 is 12.2 Å². The van der Waals surface area contributed by atoms with Crippen molar-refractivity contribution < 1.29 is 14.5 Å². The van der Waals surface area contributed by atoms with E-state index in [2.05, 4.69) is 10.3 Å². The molecule has 1 heterocycles. The molecule has 142 valence electrons. The molecule has 2 amide bonds. The summed E-state index contributed by atoms with van der Waals surface area (Å²) in [6, 6.07) is 11.6. The van der Waals surface area contributed by atoms with E-state index in [4.69, 9.17) is 12.2 Å². The number of amides is 2. The van der Waals surface area contributed by atoms with Gasteiger partial charge in [-0.25, -0.2) is 0 Å². The number of nitro benzene ring substituents is 1. The van der Waals surface area contributed by atoms with Crippen molar-refractivity contribution in [3.8, 4) is 0 Å². The maximum Gasteiger partial charge on any atom is 0.295 e. The first kappa shape index (κ1) is 19.3. The van der Waals surface area contributed by atoms with Crippen LogP contribution in [0.2, 0.25) is 0 Å². The number of nitrogens with zero attached hydrogens (tertiary/aromatic N) is 3. The molecule has 1 N–H and O–H groups in total. The molecule has 0 saturated carbocycles. The van der Waals surface area contributed by atoms with Crippen LogP contribution in [0.1, 0.15) is 11.1 Å². The summed E-state index contributed by atoms with van der Waals surface area (Å²) in [6.07, 6.45) is 1.11. The smallest absolute Gasteiger partial charge is 0.295 e. The minimum absolute atomic E-state index is 0.0233. The number of nitrogens with one attached hydrogen (secondary N) is 1. The van der Waals surface area contributed by atoms with E-state index in [1.807, 2.05) is 19.1 Å². The van der Waals surface area contributed by atoms with Crippen molar-refractivity contribution in [2.24, 2.45) is 10.9 Å². The van der Waals surface area contributed by atoms with E-state index in [1.54, 1.807) is 25.1 Å². The van der Waals surface area contributed by atoms with Crippen molar-refractivity contribution in [1.82, 2.24) is 5.32 Å². The van der Waals surface area contributed by atoms with Gasteiger partial charge in [-0.15, -0.1) is 0 Å². The van der Waals surface area contributed by atoms with Gasteiger partial charge in [0.15, 0.2) is 11.0 Å². The molecule has 1 aliphatic heterocycles. The summed E-state index contributed by atoms with van der Waals surface area (Å²) in [4.78, 5) is 41.1. The fraction of sp³-hybridized carbons (Fsp3) is 0.158. The molecule has 1 atom stereocenters. The number of thiocarbonyl (C=S) groups is 1. The molecular formula is C19H16N4O4S. The molecule has 1 fully saturated rings. The van der Waals surface area contributed by atoms with Gasteiger partial charge in [-0.2, -0.15) is 0 Å². The topological polar surface area (TPSA) is 105 Å². The molecule has 0 aliphatic carbocycles. The maximum atomic E-state index is 12.9. The zero-order valence-electron chi connectivity index (χ0n) is 15.1. The maximum absolute atomic E-state index is 12.9. The van der Waals surface area contributed by atoms with Gasteiger partial charge in [-0.05, 0) is 49.8 Å². The third-order valence-electron chi connectivity index (χ3n) is 4.18. The standard InChI is InChI=1S/C19H16N4O4S/c1-11-3-6-13(7-4-11)22-18(25)14(17(24)21-19(22)28)10-20-15-8-5-12(2)9-16(15)23(26)27/h3-10,14H,1-2H3,(H,21,24,28)/t14-/m1/s1. The lowest BCUT2D eigenvalue weighted by atomic mass is 10.1. The van der Waals surface area contributed by atoms with Crippen LogP contribution in [0.4, 0.5) is 17.1 Å². The van der Waals surface area contributed by atoms with Gasteiger partial charge in [0.2, 0.25) is 5.91 Å². The lowest BCUT2D eigenvalue weighted by Gasteiger charge is -2.30. The average molecular weight is 396 g/mol. The van der Waals surface area contributed by atoms with Crippen LogP contribution in [0, 0.1) is 29.9 Å². The molecular weight excluding hydrogens is 380 g/mol. The highest BCUT2D eigenvalue weighted by atomic mass is 32.1. The van der Waals surface area contributed by atoms with Crippen LogP contribution < -0.4 is 10.2 Å². The van der Waals surface area contributed by atoms with E-state index in [0.29, 0.717) is 11.3 Å². The lowest BCUT2D eigenvalue weighted by Crippen LogP contribution is -2.58. The number of rotatable bonds is 4. The van der Waals surface area contributed by atoms with E-state index in [9.17, 15) is 19.7 Å². The monoisotopic (exact) mass is 396 g/mol. The number of carbonyl (C=O) groups excluding carboxylic acids is 2. The van der Waals surface area contributed by atoms with Gasteiger partial charge < -0.3 is 5.32 Å². The summed E-state index contributed by atoms with van der Waals surface area (Å²) in [5.41, 5.74) is 2.08. The summed E-state index contributed by atoms with van der Waals surface area (Å²) in [6.45, 7) is 3.63. The SMILES string of the molecule is Cc1ccc(N2C(=O)[C@H](C=Nc3ccc(C)cc3[N+](=O)[O-])C(=O)NC2=S)cc1. The second-order valence-corrected chi connectivity index (χ2v) is 6.70. The fourth-order valence-corrected chi connectivity index (χ4v) is 3.00. The molecule has 2 aromatic carbocycles. The van der Waals surface area contributed by atoms with Gasteiger partial charge in [0, 0.05) is 12.3 Å². The van der Waals surface area contributed by atoms with Crippen molar-refractivity contribution in [1.29, 1.82) is 0 Å². The average Bonchev–Trinajstić information content (AvgIpc) is 2.63. The highest BCUT2D eigenvalue weighted by Crippen LogP contribution is 2.28. The van der Waals surface area contributed by atoms with Gasteiger partial charge in [-0.3, -0.25) is 29.6 Å². The zero-order chi connectivity index (χ0) is 20.4. The van der Waals surface area contributed by atoms with Gasteiger partial charge in [0.05, 0.1) is 10.6 Å². The van der Waals surface area contributed by atoms with Crippen LogP contribution in [0.25, 0.3) is 0 Å². The third kappa shape index (κ3) is 3.79. The molecule has 0 radical (unpaired) electrons. The van der Waals surface area contributed by atoms with Crippen molar-refractivity contribution in [3.05, 3.63) is 63.7 Å². The van der Waals surface area contributed by atoms with Crippen molar-refractivity contribution in [2.45, 2.75) is 13.8 Å². The quantitative estimate of drug-likeness (QED) is 0.281. The summed E-state index contributed by atoms with van der Waals surface area (Å²) in [7, 11) is 0. The van der Waals surface area contributed by atoms with Crippen molar-refractivity contribution >= 4 is 52.4 Å². The Labute approximate surface area is 166 Å². The van der Waals surface area contributed by atoms with Gasteiger partial charge in [0.25, 0.3) is 11.6 Å². The van der Waals surface area contributed by atoms with Crippen LogP contribution in [0.3, 0.4) is 0 Å². The Bertz CT molecular complexity index is 1020. The van der Waals surface area contributed by atoms with Crippen molar-refractivity contribution in [3.63, 3.8) is 0 Å². The molecule has 0 spiro atoms. The molecule has 1 saturated heterocycles. The Morgan fingerprint density at radius 3 is 2.43 bits per heavy atom. The normalized spacial score (nSPS) is 17.1. The van der Waals surface area contributed by atoms with E-state index in [1.165, 1.54) is 17.0 Å². The largest absolute Gasteiger partial charge is 0.301 e. The number of hydrogen-bond donors (Lipinski definition) is 1. The predicted molar refractivity (Wildman–Crippen MR) is 109 cm³/mol. The lowest BCUT2D eigenvalue weighted by molar-refractivity contribution is -0.384. The molecule has 0 aromatic heterocycles. The molecule has 2 aromatic rings. The summed E-state index contributed by atoms with van der Waals surface area (Å²) < 4.78 is 0. The first-order chi connectivity index (χ1) is 13.3. The van der Waals surface area contributed by atoms with E-state index in [-0.39, 0.29) is 16.5 Å². The molecule has 1 aliphatic rings. The number of benzene rings is 2. The van der Waals surface area contributed by atoms with Crippen LogP contribution in [-0.2, 0) is 9.59 Å². The van der Waals surface area contributed by atoms with E-state index < -0.39 is 22.7 Å². The number of carbonyl (C=O) groups is 2. The molecule has 3 rings (SSSR count). The Balaban J connectivity index is 1.93. The molecule has 8 nitrogen and oxygen atoms in total. The first-order valence-electron chi connectivity index (χ1n) is 8.32. The Hall–Kier alpha value is -3.46. The van der Waals surface area contributed by atoms with E-state index in [0.717, 1.165) is 11.8 Å². The molecule has 0 bridgehead atoms. The minimum atomic E-state index is -1.26. The predicted octanol–water partition coefficient (Wildman–Crippen LogP) is 2.98. The Kier molecular flexibility index (Phi) is 5.27. The number of aryl methyl sites for hydroxylation is 2. The fourth-order valence-electron chi connectivity index (χ4n) is 2.70. The zero-order valence-corrected chi connectivity index (χ0v) is 15.9. The van der Waals surface area contributed by atoms with Gasteiger partial charge >= 0.3 is 0 Å². The summed E-state index contributed by atoms with van der Waals surface area (Å²) in [5, 5.41) is 13.7. The second kappa shape index (κ2) is 7.65. The third-order valence-corrected chi connectivity index (χ3v) is 4.47. The van der Waals surface area contributed by atoms with Crippen LogP contribution in [0.15, 0.2) is 47.5 Å². The number of anilines is 1. The molecule has 0 unspecified atom stereocenters. The first-order valence-corrected chi connectivity index (χ1v) is 8.73. The highest BCUT2D eigenvalue weighted by molar-refractivity contribution is 7.80. The van der Waals surface area contributed by atoms with Crippen LogP contribution in [-0.4, -0.2) is 28.1 Å². The van der Waals surface area contributed by atoms with Gasteiger partial charge in [0.1, 0.15) is 5.69 Å². The number of aliphatic imine (C=N–C) groups is 1. The highest BCUT2D eigenvalue weighted by Gasteiger charge is 2.38. The second-order valence-electron chi connectivity index (χ2n) is 6.31. The van der Waals surface area contributed by atoms with Crippen molar-refractivity contribution in [2.75, 3.05) is 4.90 Å². The molecule has 28 heavy (non-hydrogen) atoms. The number of nitro groups is 1.